The van der Waals surface area contributed by atoms with E-state index in [-0.39, 0.29) is 30.9 Å². The summed E-state index contributed by atoms with van der Waals surface area (Å²) in [6.45, 7) is 2.53. The number of carbonyl (C=O) groups is 2. The van der Waals surface area contributed by atoms with E-state index in [2.05, 4.69) is 0 Å². The van der Waals surface area contributed by atoms with Crippen molar-refractivity contribution in [3.05, 3.63) is 92.3 Å². The molecule has 0 atom stereocenters. The average Bonchev–Trinajstić information content (AvgIpc) is 3.12. The fraction of sp³-hybridized carbons (Fsp3) is 0.185. The van der Waals surface area contributed by atoms with E-state index in [4.69, 9.17) is 37.4 Å². The highest BCUT2D eigenvalue weighted by Crippen LogP contribution is 2.35. The van der Waals surface area contributed by atoms with Crippen molar-refractivity contribution >= 4 is 52.2 Å². The number of ether oxygens (including phenoxy) is 3. The number of methoxy groups -OCH3 is 1. The molecule has 6 nitrogen and oxygen atoms in total. The molecular formula is C27H23Cl2NO5S. The van der Waals surface area contributed by atoms with Gasteiger partial charge in [-0.1, -0.05) is 53.0 Å². The number of amides is 2. The van der Waals surface area contributed by atoms with Crippen LogP contribution in [0.3, 0.4) is 0 Å². The second kappa shape index (κ2) is 11.7. The lowest BCUT2D eigenvalue weighted by atomic mass is 10.1. The van der Waals surface area contributed by atoms with Crippen LogP contribution in [0.5, 0.6) is 17.2 Å². The minimum atomic E-state index is -0.356. The highest BCUT2D eigenvalue weighted by Gasteiger charge is 2.34. The number of benzene rings is 3. The first kappa shape index (κ1) is 25.9. The van der Waals surface area contributed by atoms with Gasteiger partial charge in [0.15, 0.2) is 11.5 Å². The molecule has 0 aliphatic carbocycles. The van der Waals surface area contributed by atoms with Crippen LogP contribution in [0, 0.1) is 6.92 Å². The van der Waals surface area contributed by atoms with Gasteiger partial charge in [-0.2, -0.15) is 0 Å². The van der Waals surface area contributed by atoms with Gasteiger partial charge in [0.05, 0.1) is 18.6 Å². The standard InChI is InChI=1S/C27H23Cl2NO5S/c1-17-6-9-19(10-7-17)34-13-12-30-26(31)25(36-27(30)32)15-18-8-11-23(24(14-18)33-2)35-16-20-21(28)4-3-5-22(20)29/h3-11,14-15H,12-13,16H2,1-2H3/b25-15-. The molecule has 0 aromatic heterocycles. The van der Waals surface area contributed by atoms with Crippen molar-refractivity contribution in [3.8, 4) is 17.2 Å². The molecule has 3 aromatic carbocycles. The van der Waals surface area contributed by atoms with Crippen molar-refractivity contribution in [1.29, 1.82) is 0 Å². The Kier molecular flexibility index (Phi) is 8.46. The lowest BCUT2D eigenvalue weighted by Gasteiger charge is -2.13. The van der Waals surface area contributed by atoms with E-state index in [0.717, 1.165) is 17.3 Å². The minimum absolute atomic E-state index is 0.163. The van der Waals surface area contributed by atoms with Crippen LogP contribution in [0.25, 0.3) is 6.08 Å². The van der Waals surface area contributed by atoms with Crippen molar-refractivity contribution in [2.75, 3.05) is 20.3 Å². The molecule has 0 spiro atoms. The van der Waals surface area contributed by atoms with Crippen LogP contribution in [0.1, 0.15) is 16.7 Å². The maximum Gasteiger partial charge on any atom is 0.293 e. The van der Waals surface area contributed by atoms with Gasteiger partial charge in [0.2, 0.25) is 0 Å². The van der Waals surface area contributed by atoms with Gasteiger partial charge >= 0.3 is 0 Å². The van der Waals surface area contributed by atoms with Gasteiger partial charge in [0.25, 0.3) is 11.1 Å². The van der Waals surface area contributed by atoms with E-state index in [9.17, 15) is 9.59 Å². The Bertz CT molecular complexity index is 1290. The van der Waals surface area contributed by atoms with Crippen molar-refractivity contribution in [3.63, 3.8) is 0 Å². The first-order valence-corrected chi connectivity index (χ1v) is 12.6. The van der Waals surface area contributed by atoms with E-state index >= 15 is 0 Å². The van der Waals surface area contributed by atoms with Gasteiger partial charge in [0, 0.05) is 15.6 Å². The second-order valence-corrected chi connectivity index (χ2v) is 9.70. The normalized spacial score (nSPS) is 14.4. The smallest absolute Gasteiger partial charge is 0.293 e. The maximum absolute atomic E-state index is 12.8. The Hall–Kier alpha value is -3.13. The number of hydrogen-bond donors (Lipinski definition) is 0. The first-order chi connectivity index (χ1) is 17.4. The number of nitrogens with zero attached hydrogens (tertiary/aromatic N) is 1. The number of rotatable bonds is 9. The Labute approximate surface area is 223 Å². The lowest BCUT2D eigenvalue weighted by Crippen LogP contribution is -2.32. The van der Waals surface area contributed by atoms with Gasteiger partial charge in [-0.15, -0.1) is 0 Å². The largest absolute Gasteiger partial charge is 0.493 e. The zero-order chi connectivity index (χ0) is 25.7. The van der Waals surface area contributed by atoms with E-state index in [1.807, 2.05) is 31.2 Å². The molecule has 4 rings (SSSR count). The number of imide groups is 1. The Balaban J connectivity index is 1.41. The predicted molar refractivity (Wildman–Crippen MR) is 143 cm³/mol. The molecule has 9 heteroatoms. The van der Waals surface area contributed by atoms with Crippen molar-refractivity contribution in [2.24, 2.45) is 0 Å². The molecule has 36 heavy (non-hydrogen) atoms. The summed E-state index contributed by atoms with van der Waals surface area (Å²) in [4.78, 5) is 26.8. The van der Waals surface area contributed by atoms with Crippen LogP contribution in [0.2, 0.25) is 10.0 Å². The number of thioether (sulfide) groups is 1. The molecule has 0 bridgehead atoms. The summed E-state index contributed by atoms with van der Waals surface area (Å²) in [5, 5.41) is 0.693. The van der Waals surface area contributed by atoms with Crippen LogP contribution in [0.4, 0.5) is 4.79 Å². The van der Waals surface area contributed by atoms with Gasteiger partial charge in [-0.05, 0) is 66.7 Å². The molecule has 1 saturated heterocycles. The molecule has 1 fully saturated rings. The third-order valence-corrected chi connectivity index (χ3v) is 7.01. The number of aryl methyl sites for hydroxylation is 1. The first-order valence-electron chi connectivity index (χ1n) is 11.0. The van der Waals surface area contributed by atoms with Crippen molar-refractivity contribution in [2.45, 2.75) is 13.5 Å². The monoisotopic (exact) mass is 543 g/mol. The van der Waals surface area contributed by atoms with Crippen molar-refractivity contribution in [1.82, 2.24) is 4.90 Å². The van der Waals surface area contributed by atoms with Gasteiger partial charge < -0.3 is 14.2 Å². The molecule has 2 amide bonds. The minimum Gasteiger partial charge on any atom is -0.493 e. The molecule has 0 unspecified atom stereocenters. The zero-order valence-electron chi connectivity index (χ0n) is 19.6. The summed E-state index contributed by atoms with van der Waals surface area (Å²) in [6, 6.07) is 18.1. The summed E-state index contributed by atoms with van der Waals surface area (Å²) in [5.41, 5.74) is 2.49. The van der Waals surface area contributed by atoms with Crippen LogP contribution in [-0.2, 0) is 11.4 Å². The summed E-state index contributed by atoms with van der Waals surface area (Å²) in [6.07, 6.45) is 1.66. The third kappa shape index (κ3) is 6.16. The zero-order valence-corrected chi connectivity index (χ0v) is 22.0. The number of hydrogen-bond acceptors (Lipinski definition) is 6. The van der Waals surface area contributed by atoms with E-state index in [1.165, 1.54) is 12.0 Å². The van der Waals surface area contributed by atoms with Crippen molar-refractivity contribution < 1.29 is 23.8 Å². The molecule has 186 valence electrons. The Morgan fingerprint density at radius 1 is 0.944 bits per heavy atom. The highest BCUT2D eigenvalue weighted by atomic mass is 35.5. The summed E-state index contributed by atoms with van der Waals surface area (Å²) in [7, 11) is 1.52. The molecule has 0 saturated carbocycles. The fourth-order valence-electron chi connectivity index (χ4n) is 3.45. The van der Waals surface area contributed by atoms with Crippen LogP contribution >= 0.6 is 35.0 Å². The van der Waals surface area contributed by atoms with Gasteiger partial charge in [0.1, 0.15) is 19.0 Å². The second-order valence-electron chi connectivity index (χ2n) is 7.89. The third-order valence-electron chi connectivity index (χ3n) is 5.40. The fourth-order valence-corrected chi connectivity index (χ4v) is 4.82. The quantitative estimate of drug-likeness (QED) is 0.270. The molecule has 0 radical (unpaired) electrons. The average molecular weight is 544 g/mol. The van der Waals surface area contributed by atoms with Gasteiger partial charge in [-0.25, -0.2) is 0 Å². The van der Waals surface area contributed by atoms with E-state index in [0.29, 0.717) is 43.3 Å². The lowest BCUT2D eigenvalue weighted by molar-refractivity contribution is -0.123. The van der Waals surface area contributed by atoms with Gasteiger partial charge in [-0.3, -0.25) is 14.5 Å². The molecule has 0 N–H and O–H groups in total. The van der Waals surface area contributed by atoms with Crippen LogP contribution in [-0.4, -0.2) is 36.3 Å². The van der Waals surface area contributed by atoms with E-state index in [1.54, 1.807) is 42.5 Å². The number of halogens is 2. The Morgan fingerprint density at radius 3 is 2.36 bits per heavy atom. The van der Waals surface area contributed by atoms with Crippen LogP contribution < -0.4 is 14.2 Å². The SMILES string of the molecule is COc1cc(/C=C2\SC(=O)N(CCOc3ccc(C)cc3)C2=O)ccc1OCc1c(Cl)cccc1Cl. The summed E-state index contributed by atoms with van der Waals surface area (Å²) < 4.78 is 17.0. The molecule has 1 aliphatic rings. The Morgan fingerprint density at radius 2 is 1.67 bits per heavy atom. The molecule has 1 aliphatic heterocycles. The van der Waals surface area contributed by atoms with E-state index < -0.39 is 0 Å². The number of carbonyl (C=O) groups excluding carboxylic acids is 2. The topological polar surface area (TPSA) is 65.1 Å². The predicted octanol–water partition coefficient (Wildman–Crippen LogP) is 7.00. The highest BCUT2D eigenvalue weighted by molar-refractivity contribution is 8.18. The summed E-state index contributed by atoms with van der Waals surface area (Å²) >= 11 is 13.3. The summed E-state index contributed by atoms with van der Waals surface area (Å²) in [5.74, 6) is 1.30. The maximum atomic E-state index is 12.8. The molecular weight excluding hydrogens is 521 g/mol. The molecule has 1 heterocycles. The molecule has 3 aromatic rings. The van der Waals surface area contributed by atoms with Crippen LogP contribution in [0.15, 0.2) is 65.6 Å².